The van der Waals surface area contributed by atoms with Crippen LogP contribution in [0.2, 0.25) is 0 Å². The molecule has 1 aromatic heterocycles. The van der Waals surface area contributed by atoms with Gasteiger partial charge in [-0.25, -0.2) is 0 Å². The first-order valence-corrected chi connectivity index (χ1v) is 5.14. The first-order chi connectivity index (χ1) is 6.25. The van der Waals surface area contributed by atoms with Gasteiger partial charge >= 0.3 is 0 Å². The van der Waals surface area contributed by atoms with Crippen LogP contribution in [0.3, 0.4) is 0 Å². The smallest absolute Gasteiger partial charge is 0.0225 e. The molecule has 1 aliphatic carbocycles. The van der Waals surface area contributed by atoms with Crippen molar-refractivity contribution >= 4 is 0 Å². The lowest BCUT2D eigenvalue weighted by atomic mass is 9.93. The third-order valence-electron chi connectivity index (χ3n) is 2.94. The number of hydrogen-bond donors (Lipinski definition) is 2. The highest BCUT2D eigenvalue weighted by atomic mass is 14.9. The van der Waals surface area contributed by atoms with Crippen molar-refractivity contribution in [2.24, 2.45) is 0 Å². The summed E-state index contributed by atoms with van der Waals surface area (Å²) in [5.74, 6) is 0. The first-order valence-electron chi connectivity index (χ1n) is 5.14. The average Bonchev–Trinajstić information content (AvgIpc) is 2.27. The minimum Gasteiger partial charge on any atom is -0.362 e. The van der Waals surface area contributed by atoms with Crippen LogP contribution in [0, 0.1) is 13.8 Å². The Balaban J connectivity index is 1.89. The number of rotatable bonds is 3. The molecule has 1 heterocycles. The van der Waals surface area contributed by atoms with Gasteiger partial charge in [-0.3, -0.25) is 0 Å². The molecule has 0 aromatic carbocycles. The molecule has 2 N–H and O–H groups in total. The zero-order chi connectivity index (χ0) is 9.26. The van der Waals surface area contributed by atoms with Crippen LogP contribution in [-0.2, 0) is 6.54 Å². The number of H-pyrrole nitrogens is 1. The van der Waals surface area contributed by atoms with Gasteiger partial charge in [0.2, 0.25) is 0 Å². The van der Waals surface area contributed by atoms with E-state index in [2.05, 4.69) is 30.2 Å². The van der Waals surface area contributed by atoms with Crippen molar-refractivity contribution in [1.82, 2.24) is 10.3 Å². The van der Waals surface area contributed by atoms with Gasteiger partial charge in [-0.1, -0.05) is 6.42 Å². The molecule has 1 aliphatic rings. The maximum Gasteiger partial charge on any atom is 0.0225 e. The molecule has 72 valence electrons. The second kappa shape index (κ2) is 3.54. The van der Waals surface area contributed by atoms with E-state index >= 15 is 0 Å². The van der Waals surface area contributed by atoms with E-state index in [4.69, 9.17) is 0 Å². The molecule has 0 aliphatic heterocycles. The summed E-state index contributed by atoms with van der Waals surface area (Å²) in [4.78, 5) is 3.33. The van der Waals surface area contributed by atoms with Gasteiger partial charge in [-0.2, -0.15) is 0 Å². The van der Waals surface area contributed by atoms with Crippen molar-refractivity contribution in [3.63, 3.8) is 0 Å². The van der Waals surface area contributed by atoms with Crippen molar-refractivity contribution in [1.29, 1.82) is 0 Å². The van der Waals surface area contributed by atoms with Gasteiger partial charge in [0.25, 0.3) is 0 Å². The van der Waals surface area contributed by atoms with Crippen LogP contribution >= 0.6 is 0 Å². The number of aromatic amines is 1. The molecule has 0 atom stereocenters. The Hall–Kier alpha value is -0.760. The van der Waals surface area contributed by atoms with E-state index in [-0.39, 0.29) is 0 Å². The van der Waals surface area contributed by atoms with Gasteiger partial charge in [-0.05, 0) is 38.3 Å². The molecule has 2 nitrogen and oxygen atoms in total. The lowest BCUT2D eigenvalue weighted by Crippen LogP contribution is -2.34. The summed E-state index contributed by atoms with van der Waals surface area (Å²) in [5, 5.41) is 3.57. The molecule has 0 unspecified atom stereocenters. The Morgan fingerprint density at radius 1 is 1.46 bits per heavy atom. The summed E-state index contributed by atoms with van der Waals surface area (Å²) in [6.07, 6.45) is 4.13. The van der Waals surface area contributed by atoms with E-state index in [0.717, 1.165) is 12.6 Å². The van der Waals surface area contributed by atoms with Crippen LogP contribution in [0.4, 0.5) is 0 Å². The molecule has 0 spiro atoms. The van der Waals surface area contributed by atoms with Crippen molar-refractivity contribution < 1.29 is 0 Å². The maximum absolute atomic E-state index is 3.57. The zero-order valence-electron chi connectivity index (χ0n) is 8.48. The Morgan fingerprint density at radius 2 is 2.23 bits per heavy atom. The standard InChI is InChI=1S/C11H18N2/c1-8-6-10(9(2)13-8)7-12-11-4-3-5-11/h6,11-13H,3-5,7H2,1-2H3. The summed E-state index contributed by atoms with van der Waals surface area (Å²) < 4.78 is 0. The number of nitrogens with one attached hydrogen (secondary N) is 2. The SMILES string of the molecule is Cc1cc(CNC2CCC2)c(C)[nH]1. The second-order valence-electron chi connectivity index (χ2n) is 4.11. The molecule has 0 saturated heterocycles. The Bertz CT molecular complexity index is 284. The summed E-state index contributed by atoms with van der Waals surface area (Å²) >= 11 is 0. The fourth-order valence-electron chi connectivity index (χ4n) is 1.83. The first kappa shape index (κ1) is 8.82. The zero-order valence-corrected chi connectivity index (χ0v) is 8.48. The normalized spacial score (nSPS) is 17.4. The molecule has 0 amide bonds. The summed E-state index contributed by atoms with van der Waals surface area (Å²) in [6, 6.07) is 3.02. The fourth-order valence-corrected chi connectivity index (χ4v) is 1.83. The van der Waals surface area contributed by atoms with Gasteiger partial charge in [0.1, 0.15) is 0 Å². The highest BCUT2D eigenvalue weighted by molar-refractivity contribution is 5.24. The molecule has 1 aromatic rings. The van der Waals surface area contributed by atoms with Crippen LogP contribution < -0.4 is 5.32 Å². The summed E-state index contributed by atoms with van der Waals surface area (Å²) in [6.45, 7) is 5.28. The number of aryl methyl sites for hydroxylation is 2. The van der Waals surface area contributed by atoms with E-state index in [1.807, 2.05) is 0 Å². The molecule has 2 heteroatoms. The third-order valence-corrected chi connectivity index (χ3v) is 2.94. The highest BCUT2D eigenvalue weighted by Crippen LogP contribution is 2.19. The van der Waals surface area contributed by atoms with E-state index in [9.17, 15) is 0 Å². The topological polar surface area (TPSA) is 27.8 Å². The van der Waals surface area contributed by atoms with Crippen LogP contribution in [0.5, 0.6) is 0 Å². The molecular weight excluding hydrogens is 160 g/mol. The van der Waals surface area contributed by atoms with Gasteiger partial charge in [0, 0.05) is 24.0 Å². The lowest BCUT2D eigenvalue weighted by molar-refractivity contribution is 0.338. The number of aromatic nitrogens is 1. The van der Waals surface area contributed by atoms with Crippen molar-refractivity contribution in [3.05, 3.63) is 23.0 Å². The minimum atomic E-state index is 0.787. The Labute approximate surface area is 79.7 Å². The lowest BCUT2D eigenvalue weighted by Gasteiger charge is -2.26. The summed E-state index contributed by atoms with van der Waals surface area (Å²) in [5.41, 5.74) is 4.00. The molecule has 2 rings (SSSR count). The quantitative estimate of drug-likeness (QED) is 0.730. The van der Waals surface area contributed by atoms with E-state index in [1.165, 1.54) is 36.2 Å². The van der Waals surface area contributed by atoms with Crippen molar-refractivity contribution in [3.8, 4) is 0 Å². The molecular formula is C11H18N2. The monoisotopic (exact) mass is 178 g/mol. The van der Waals surface area contributed by atoms with Gasteiger partial charge < -0.3 is 10.3 Å². The predicted molar refractivity (Wildman–Crippen MR) is 54.7 cm³/mol. The van der Waals surface area contributed by atoms with Crippen LogP contribution in [0.15, 0.2) is 6.07 Å². The second-order valence-corrected chi connectivity index (χ2v) is 4.11. The molecule has 0 radical (unpaired) electrons. The fraction of sp³-hybridized carbons (Fsp3) is 0.636. The molecule has 0 bridgehead atoms. The summed E-state index contributed by atoms with van der Waals surface area (Å²) in [7, 11) is 0. The van der Waals surface area contributed by atoms with Gasteiger partial charge in [-0.15, -0.1) is 0 Å². The van der Waals surface area contributed by atoms with Gasteiger partial charge in [0.05, 0.1) is 0 Å². The van der Waals surface area contributed by atoms with E-state index in [0.29, 0.717) is 0 Å². The number of hydrogen-bond acceptors (Lipinski definition) is 1. The average molecular weight is 178 g/mol. The molecule has 1 saturated carbocycles. The van der Waals surface area contributed by atoms with E-state index in [1.54, 1.807) is 0 Å². The molecule has 13 heavy (non-hydrogen) atoms. The Morgan fingerprint density at radius 3 is 2.69 bits per heavy atom. The third kappa shape index (κ3) is 1.94. The van der Waals surface area contributed by atoms with Crippen LogP contribution in [-0.4, -0.2) is 11.0 Å². The van der Waals surface area contributed by atoms with E-state index < -0.39 is 0 Å². The Kier molecular flexibility index (Phi) is 2.40. The van der Waals surface area contributed by atoms with Gasteiger partial charge in [0.15, 0.2) is 0 Å². The molecule has 1 fully saturated rings. The maximum atomic E-state index is 3.57. The van der Waals surface area contributed by atoms with Crippen molar-refractivity contribution in [2.75, 3.05) is 0 Å². The van der Waals surface area contributed by atoms with Crippen LogP contribution in [0.1, 0.15) is 36.2 Å². The highest BCUT2D eigenvalue weighted by Gasteiger charge is 2.16. The van der Waals surface area contributed by atoms with Crippen LogP contribution in [0.25, 0.3) is 0 Å². The van der Waals surface area contributed by atoms with Crippen molar-refractivity contribution in [2.45, 2.75) is 45.7 Å². The predicted octanol–water partition coefficient (Wildman–Crippen LogP) is 2.27. The largest absolute Gasteiger partial charge is 0.362 e. The minimum absolute atomic E-state index is 0.787.